The van der Waals surface area contributed by atoms with Crippen molar-refractivity contribution in [1.29, 1.82) is 0 Å². The van der Waals surface area contributed by atoms with E-state index in [2.05, 4.69) is 5.32 Å². The first-order valence-electron chi connectivity index (χ1n) is 6.40. The molecule has 0 fully saturated rings. The fraction of sp³-hybridized carbons (Fsp3) is 0.188. The van der Waals surface area contributed by atoms with Crippen LogP contribution < -0.4 is 11.1 Å². The Bertz CT molecular complexity index is 623. The van der Waals surface area contributed by atoms with Gasteiger partial charge in [-0.3, -0.25) is 4.79 Å². The van der Waals surface area contributed by atoms with Gasteiger partial charge in [-0.1, -0.05) is 18.2 Å². The second kappa shape index (κ2) is 5.74. The third-order valence-electron chi connectivity index (χ3n) is 3.15. The molecule has 20 heavy (non-hydrogen) atoms. The zero-order valence-electron chi connectivity index (χ0n) is 11.5. The smallest absolute Gasteiger partial charge is 0.254 e. The fourth-order valence-corrected chi connectivity index (χ4v) is 1.95. The van der Waals surface area contributed by atoms with Gasteiger partial charge in [-0.2, -0.15) is 0 Å². The number of benzene rings is 2. The monoisotopic (exact) mass is 272 g/mol. The lowest BCUT2D eigenvalue weighted by atomic mass is 10.1. The van der Waals surface area contributed by atoms with Crippen LogP contribution in [0, 0.1) is 12.7 Å². The molecule has 0 heterocycles. The third kappa shape index (κ3) is 3.15. The molecule has 1 unspecified atom stereocenters. The molecule has 0 saturated carbocycles. The Labute approximate surface area is 117 Å². The van der Waals surface area contributed by atoms with Crippen LogP contribution in [-0.2, 0) is 0 Å². The van der Waals surface area contributed by atoms with Crippen molar-refractivity contribution in [1.82, 2.24) is 5.32 Å². The summed E-state index contributed by atoms with van der Waals surface area (Å²) in [6.07, 6.45) is 0. The van der Waals surface area contributed by atoms with E-state index < -0.39 is 11.7 Å². The topological polar surface area (TPSA) is 55.1 Å². The first-order chi connectivity index (χ1) is 9.47. The highest BCUT2D eigenvalue weighted by atomic mass is 19.1. The van der Waals surface area contributed by atoms with Gasteiger partial charge in [-0.15, -0.1) is 0 Å². The number of rotatable bonds is 3. The number of hydrogen-bond donors (Lipinski definition) is 2. The second-order valence-corrected chi connectivity index (χ2v) is 4.85. The number of aryl methyl sites for hydroxylation is 1. The second-order valence-electron chi connectivity index (χ2n) is 4.85. The fourth-order valence-electron chi connectivity index (χ4n) is 1.95. The Morgan fingerprint density at radius 1 is 1.20 bits per heavy atom. The van der Waals surface area contributed by atoms with Crippen molar-refractivity contribution in [3.05, 3.63) is 65.0 Å². The maximum Gasteiger partial charge on any atom is 0.254 e. The lowest BCUT2D eigenvalue weighted by Crippen LogP contribution is -2.27. The summed E-state index contributed by atoms with van der Waals surface area (Å²) >= 11 is 0. The molecule has 0 aliphatic heterocycles. The van der Waals surface area contributed by atoms with Crippen LogP contribution >= 0.6 is 0 Å². The van der Waals surface area contributed by atoms with Gasteiger partial charge in [-0.05, 0) is 49.2 Å². The SMILES string of the molecule is Cc1ccc(C(=O)NC(C)c2ccc(N)cc2)c(F)c1. The molecule has 4 heteroatoms. The van der Waals surface area contributed by atoms with E-state index >= 15 is 0 Å². The summed E-state index contributed by atoms with van der Waals surface area (Å²) in [6, 6.07) is 11.6. The van der Waals surface area contributed by atoms with Crippen molar-refractivity contribution in [2.24, 2.45) is 0 Å². The molecule has 1 atom stereocenters. The van der Waals surface area contributed by atoms with Gasteiger partial charge in [0.2, 0.25) is 0 Å². The summed E-state index contributed by atoms with van der Waals surface area (Å²) in [6.45, 7) is 3.62. The zero-order valence-corrected chi connectivity index (χ0v) is 11.5. The molecule has 2 rings (SSSR count). The average Bonchev–Trinajstić information content (AvgIpc) is 2.39. The Morgan fingerprint density at radius 2 is 1.85 bits per heavy atom. The van der Waals surface area contributed by atoms with Crippen LogP contribution in [-0.4, -0.2) is 5.91 Å². The molecule has 1 amide bonds. The molecule has 0 aliphatic rings. The summed E-state index contributed by atoms with van der Waals surface area (Å²) in [5, 5.41) is 2.77. The van der Waals surface area contributed by atoms with Gasteiger partial charge in [0.05, 0.1) is 11.6 Å². The number of hydrogen-bond acceptors (Lipinski definition) is 2. The van der Waals surface area contributed by atoms with Gasteiger partial charge in [0.15, 0.2) is 0 Å². The Kier molecular flexibility index (Phi) is 4.03. The van der Waals surface area contributed by atoms with Crippen LogP contribution in [0.15, 0.2) is 42.5 Å². The van der Waals surface area contributed by atoms with Crippen molar-refractivity contribution in [2.75, 3.05) is 5.73 Å². The lowest BCUT2D eigenvalue weighted by molar-refractivity contribution is 0.0936. The van der Waals surface area contributed by atoms with E-state index in [1.54, 1.807) is 25.1 Å². The summed E-state index contributed by atoms with van der Waals surface area (Å²) in [5.74, 6) is -0.932. The first kappa shape index (κ1) is 14.1. The number of halogens is 1. The van der Waals surface area contributed by atoms with Gasteiger partial charge in [0, 0.05) is 5.69 Å². The van der Waals surface area contributed by atoms with E-state index in [9.17, 15) is 9.18 Å². The van der Waals surface area contributed by atoms with E-state index in [0.717, 1.165) is 11.1 Å². The van der Waals surface area contributed by atoms with Crippen molar-refractivity contribution < 1.29 is 9.18 Å². The number of carbonyl (C=O) groups is 1. The van der Waals surface area contributed by atoms with Crippen LogP contribution in [0.3, 0.4) is 0 Å². The highest BCUT2D eigenvalue weighted by molar-refractivity contribution is 5.94. The zero-order chi connectivity index (χ0) is 14.7. The number of nitrogens with one attached hydrogen (secondary N) is 1. The molecule has 3 N–H and O–H groups in total. The van der Waals surface area contributed by atoms with Gasteiger partial charge < -0.3 is 11.1 Å². The summed E-state index contributed by atoms with van der Waals surface area (Å²) < 4.78 is 13.7. The molecule has 0 saturated heterocycles. The predicted molar refractivity (Wildman–Crippen MR) is 77.9 cm³/mol. The van der Waals surface area contributed by atoms with Gasteiger partial charge in [0.25, 0.3) is 5.91 Å². The van der Waals surface area contributed by atoms with E-state index in [0.29, 0.717) is 5.69 Å². The van der Waals surface area contributed by atoms with Crippen LogP contribution in [0.4, 0.5) is 10.1 Å². The number of anilines is 1. The highest BCUT2D eigenvalue weighted by Crippen LogP contribution is 2.16. The van der Waals surface area contributed by atoms with Crippen LogP contribution in [0.2, 0.25) is 0 Å². The first-order valence-corrected chi connectivity index (χ1v) is 6.40. The van der Waals surface area contributed by atoms with Gasteiger partial charge in [-0.25, -0.2) is 4.39 Å². The van der Waals surface area contributed by atoms with E-state index in [1.807, 2.05) is 19.1 Å². The summed E-state index contributed by atoms with van der Waals surface area (Å²) in [4.78, 5) is 12.1. The van der Waals surface area contributed by atoms with Crippen molar-refractivity contribution >= 4 is 11.6 Å². The normalized spacial score (nSPS) is 11.9. The minimum Gasteiger partial charge on any atom is -0.399 e. The molecule has 2 aromatic rings. The Hall–Kier alpha value is -2.36. The van der Waals surface area contributed by atoms with Crippen molar-refractivity contribution in [3.63, 3.8) is 0 Å². The van der Waals surface area contributed by atoms with Gasteiger partial charge in [0.1, 0.15) is 5.82 Å². The quantitative estimate of drug-likeness (QED) is 0.843. The minimum atomic E-state index is -0.507. The molecule has 0 radical (unpaired) electrons. The standard InChI is InChI=1S/C16H17FN2O/c1-10-3-8-14(15(17)9-10)16(20)19-11(2)12-4-6-13(18)7-5-12/h3-9,11H,18H2,1-2H3,(H,19,20). The molecule has 104 valence electrons. The Morgan fingerprint density at radius 3 is 2.45 bits per heavy atom. The molecule has 0 aliphatic carbocycles. The third-order valence-corrected chi connectivity index (χ3v) is 3.15. The largest absolute Gasteiger partial charge is 0.399 e. The van der Waals surface area contributed by atoms with E-state index in [1.165, 1.54) is 12.1 Å². The Balaban J connectivity index is 2.13. The van der Waals surface area contributed by atoms with Gasteiger partial charge >= 0.3 is 0 Å². The van der Waals surface area contributed by atoms with Crippen LogP contribution in [0.5, 0.6) is 0 Å². The number of carbonyl (C=O) groups excluding carboxylic acids is 1. The molecule has 0 bridgehead atoms. The number of amides is 1. The average molecular weight is 272 g/mol. The van der Waals surface area contributed by atoms with E-state index in [4.69, 9.17) is 5.73 Å². The molecular formula is C16H17FN2O. The van der Waals surface area contributed by atoms with Crippen molar-refractivity contribution in [3.8, 4) is 0 Å². The highest BCUT2D eigenvalue weighted by Gasteiger charge is 2.15. The van der Waals surface area contributed by atoms with Crippen molar-refractivity contribution in [2.45, 2.75) is 19.9 Å². The predicted octanol–water partition coefficient (Wildman–Crippen LogP) is 3.21. The van der Waals surface area contributed by atoms with Crippen LogP contribution in [0.1, 0.15) is 34.5 Å². The summed E-state index contributed by atoms with van der Waals surface area (Å²) in [5.41, 5.74) is 8.03. The molecule has 3 nitrogen and oxygen atoms in total. The number of nitrogens with two attached hydrogens (primary N) is 1. The molecule has 0 aromatic heterocycles. The lowest BCUT2D eigenvalue weighted by Gasteiger charge is -2.15. The molecule has 2 aromatic carbocycles. The summed E-state index contributed by atoms with van der Waals surface area (Å²) in [7, 11) is 0. The maximum absolute atomic E-state index is 13.7. The molecular weight excluding hydrogens is 255 g/mol. The molecule has 0 spiro atoms. The number of nitrogen functional groups attached to an aromatic ring is 1. The van der Waals surface area contributed by atoms with Crippen LogP contribution in [0.25, 0.3) is 0 Å². The minimum absolute atomic E-state index is 0.0536. The maximum atomic E-state index is 13.7. The van der Waals surface area contributed by atoms with E-state index in [-0.39, 0.29) is 11.6 Å².